The van der Waals surface area contributed by atoms with Gasteiger partial charge in [0.2, 0.25) is 11.8 Å². The highest BCUT2D eigenvalue weighted by Crippen LogP contribution is 2.13. The van der Waals surface area contributed by atoms with Crippen LogP contribution in [0.1, 0.15) is 43.7 Å². The van der Waals surface area contributed by atoms with Gasteiger partial charge in [0, 0.05) is 18.2 Å². The molecule has 1 aromatic carbocycles. The lowest BCUT2D eigenvalue weighted by molar-refractivity contribution is -0.133. The molecule has 0 aliphatic carbocycles. The molecule has 2 rings (SSSR count). The summed E-state index contributed by atoms with van der Waals surface area (Å²) >= 11 is 0. The van der Waals surface area contributed by atoms with Crippen LogP contribution < -0.4 is 10.6 Å². The number of carbonyl (C=O) groups is 3. The van der Waals surface area contributed by atoms with E-state index >= 15 is 0 Å². The molecule has 27 heavy (non-hydrogen) atoms. The third-order valence-corrected chi connectivity index (χ3v) is 3.87. The van der Waals surface area contributed by atoms with E-state index in [4.69, 9.17) is 5.11 Å². The number of nitrogens with one attached hydrogen (secondary N) is 2. The van der Waals surface area contributed by atoms with Gasteiger partial charge in [-0.1, -0.05) is 32.9 Å². The average Bonchev–Trinajstić information content (AvgIpc) is 3.09. The Balaban J connectivity index is 1.98. The second kappa shape index (κ2) is 8.03. The standard InChI is InChI=1S/C19H24N4O4/c1-12(21-18(27)19(2,3)4)16(24)20-11-13-6-5-7-14(10-13)23-9-8-15(22-23)17(25)26/h5-10,12H,11H2,1-4H3,(H,20,24)(H,21,27)(H,25,26). The minimum atomic E-state index is -1.09. The first-order valence-corrected chi connectivity index (χ1v) is 8.55. The summed E-state index contributed by atoms with van der Waals surface area (Å²) in [7, 11) is 0. The molecule has 144 valence electrons. The fourth-order valence-electron chi connectivity index (χ4n) is 2.21. The first-order chi connectivity index (χ1) is 12.6. The minimum absolute atomic E-state index is 0.0443. The molecule has 0 spiro atoms. The zero-order valence-electron chi connectivity index (χ0n) is 15.8. The Hall–Kier alpha value is -3.16. The van der Waals surface area contributed by atoms with Crippen molar-refractivity contribution in [1.82, 2.24) is 20.4 Å². The van der Waals surface area contributed by atoms with Crippen molar-refractivity contribution in [3.05, 3.63) is 47.8 Å². The van der Waals surface area contributed by atoms with Crippen LogP contribution in [0.25, 0.3) is 5.69 Å². The van der Waals surface area contributed by atoms with Crippen molar-refractivity contribution in [3.8, 4) is 5.69 Å². The number of aromatic nitrogens is 2. The van der Waals surface area contributed by atoms with Gasteiger partial charge in [-0.05, 0) is 30.7 Å². The van der Waals surface area contributed by atoms with Crippen LogP contribution in [-0.2, 0) is 16.1 Å². The molecule has 0 aliphatic heterocycles. The van der Waals surface area contributed by atoms with E-state index in [1.165, 1.54) is 10.7 Å². The number of carboxylic acid groups (broad SMARTS) is 1. The predicted molar refractivity (Wildman–Crippen MR) is 99.4 cm³/mol. The number of amides is 2. The summed E-state index contributed by atoms with van der Waals surface area (Å²) in [4.78, 5) is 35.1. The Labute approximate surface area is 157 Å². The quantitative estimate of drug-likeness (QED) is 0.715. The molecule has 1 unspecified atom stereocenters. The molecule has 8 nitrogen and oxygen atoms in total. The second-order valence-electron chi connectivity index (χ2n) is 7.28. The van der Waals surface area contributed by atoms with E-state index in [2.05, 4.69) is 15.7 Å². The Kier molecular flexibility index (Phi) is 5.99. The van der Waals surface area contributed by atoms with Crippen LogP contribution in [-0.4, -0.2) is 38.7 Å². The van der Waals surface area contributed by atoms with Crippen LogP contribution in [0.3, 0.4) is 0 Å². The van der Waals surface area contributed by atoms with Crippen molar-refractivity contribution in [3.63, 3.8) is 0 Å². The maximum absolute atomic E-state index is 12.2. The van der Waals surface area contributed by atoms with E-state index in [0.717, 1.165) is 5.56 Å². The minimum Gasteiger partial charge on any atom is -0.476 e. The predicted octanol–water partition coefficient (Wildman–Crippen LogP) is 1.74. The SMILES string of the molecule is CC(NC(=O)C(C)(C)C)C(=O)NCc1cccc(-n2ccc(C(=O)O)n2)c1. The molecule has 1 aromatic heterocycles. The lowest BCUT2D eigenvalue weighted by Crippen LogP contribution is -2.48. The van der Waals surface area contributed by atoms with Gasteiger partial charge < -0.3 is 15.7 Å². The number of hydrogen-bond donors (Lipinski definition) is 3. The molecule has 0 fully saturated rings. The van der Waals surface area contributed by atoms with E-state index in [1.54, 1.807) is 52.1 Å². The van der Waals surface area contributed by atoms with E-state index in [-0.39, 0.29) is 24.1 Å². The molecule has 1 atom stereocenters. The summed E-state index contributed by atoms with van der Waals surface area (Å²) in [6.45, 7) is 7.25. The fourth-order valence-corrected chi connectivity index (χ4v) is 2.21. The van der Waals surface area contributed by atoms with Gasteiger partial charge in [-0.2, -0.15) is 5.10 Å². The van der Waals surface area contributed by atoms with E-state index in [1.807, 2.05) is 6.07 Å². The molecule has 0 radical (unpaired) electrons. The molecule has 2 amide bonds. The lowest BCUT2D eigenvalue weighted by Gasteiger charge is -2.21. The van der Waals surface area contributed by atoms with Crippen LogP contribution in [0.4, 0.5) is 0 Å². The highest BCUT2D eigenvalue weighted by molar-refractivity contribution is 5.89. The molecular weight excluding hydrogens is 348 g/mol. The first-order valence-electron chi connectivity index (χ1n) is 8.55. The Bertz CT molecular complexity index is 851. The van der Waals surface area contributed by atoms with Crippen LogP contribution >= 0.6 is 0 Å². The molecule has 2 aromatic rings. The van der Waals surface area contributed by atoms with E-state index in [9.17, 15) is 14.4 Å². The number of hydrogen-bond acceptors (Lipinski definition) is 4. The zero-order chi connectivity index (χ0) is 20.2. The van der Waals surface area contributed by atoms with Crippen molar-refractivity contribution < 1.29 is 19.5 Å². The lowest BCUT2D eigenvalue weighted by atomic mass is 9.95. The molecule has 1 heterocycles. The van der Waals surface area contributed by atoms with Gasteiger partial charge in [-0.3, -0.25) is 9.59 Å². The fraction of sp³-hybridized carbons (Fsp3) is 0.368. The summed E-state index contributed by atoms with van der Waals surface area (Å²) in [6.07, 6.45) is 1.56. The third-order valence-electron chi connectivity index (χ3n) is 3.87. The van der Waals surface area contributed by atoms with Crippen molar-refractivity contribution in [2.45, 2.75) is 40.3 Å². The van der Waals surface area contributed by atoms with Gasteiger partial charge in [-0.25, -0.2) is 9.48 Å². The van der Waals surface area contributed by atoms with Gasteiger partial charge in [0.25, 0.3) is 0 Å². The van der Waals surface area contributed by atoms with Crippen LogP contribution in [0.5, 0.6) is 0 Å². The normalized spacial score (nSPS) is 12.3. The summed E-state index contributed by atoms with van der Waals surface area (Å²) < 4.78 is 1.46. The maximum atomic E-state index is 12.2. The van der Waals surface area contributed by atoms with E-state index < -0.39 is 17.4 Å². The molecule has 3 N–H and O–H groups in total. The average molecular weight is 372 g/mol. The van der Waals surface area contributed by atoms with Crippen molar-refractivity contribution >= 4 is 17.8 Å². The summed E-state index contributed by atoms with van der Waals surface area (Å²) in [6, 6.07) is 7.99. The molecule has 0 bridgehead atoms. The summed E-state index contributed by atoms with van der Waals surface area (Å²) in [5, 5.41) is 18.4. The van der Waals surface area contributed by atoms with Crippen molar-refractivity contribution in [2.75, 3.05) is 0 Å². The topological polar surface area (TPSA) is 113 Å². The number of carboxylic acids is 1. The largest absolute Gasteiger partial charge is 0.476 e. The highest BCUT2D eigenvalue weighted by Gasteiger charge is 2.24. The van der Waals surface area contributed by atoms with E-state index in [0.29, 0.717) is 5.69 Å². The second-order valence-corrected chi connectivity index (χ2v) is 7.28. The van der Waals surface area contributed by atoms with Crippen LogP contribution in [0.2, 0.25) is 0 Å². The molecule has 8 heteroatoms. The van der Waals surface area contributed by atoms with Gasteiger partial charge in [0.15, 0.2) is 5.69 Å². The Morgan fingerprint density at radius 3 is 2.52 bits per heavy atom. The Morgan fingerprint density at radius 1 is 1.22 bits per heavy atom. The van der Waals surface area contributed by atoms with Crippen LogP contribution in [0, 0.1) is 5.41 Å². The van der Waals surface area contributed by atoms with Gasteiger partial charge in [0.05, 0.1) is 5.69 Å². The Morgan fingerprint density at radius 2 is 1.93 bits per heavy atom. The maximum Gasteiger partial charge on any atom is 0.356 e. The number of carbonyl (C=O) groups excluding carboxylic acids is 2. The number of benzene rings is 1. The van der Waals surface area contributed by atoms with Crippen molar-refractivity contribution in [1.29, 1.82) is 0 Å². The molecular formula is C19H24N4O4. The molecule has 0 saturated carbocycles. The third kappa shape index (κ3) is 5.40. The number of rotatable bonds is 6. The molecule has 0 aliphatic rings. The first kappa shape index (κ1) is 20.2. The van der Waals surface area contributed by atoms with Gasteiger partial charge >= 0.3 is 5.97 Å². The zero-order valence-corrected chi connectivity index (χ0v) is 15.8. The van der Waals surface area contributed by atoms with Gasteiger partial charge in [0.1, 0.15) is 6.04 Å². The van der Waals surface area contributed by atoms with Crippen molar-refractivity contribution in [2.24, 2.45) is 5.41 Å². The van der Waals surface area contributed by atoms with Gasteiger partial charge in [-0.15, -0.1) is 0 Å². The number of aromatic carboxylic acids is 1. The molecule has 0 saturated heterocycles. The highest BCUT2D eigenvalue weighted by atomic mass is 16.4. The smallest absolute Gasteiger partial charge is 0.356 e. The summed E-state index contributed by atoms with van der Waals surface area (Å²) in [5.74, 6) is -1.58. The summed E-state index contributed by atoms with van der Waals surface area (Å²) in [5.41, 5.74) is 0.893. The van der Waals surface area contributed by atoms with Crippen LogP contribution in [0.15, 0.2) is 36.5 Å². The monoisotopic (exact) mass is 372 g/mol. The number of nitrogens with zero attached hydrogens (tertiary/aromatic N) is 2.